The van der Waals surface area contributed by atoms with Gasteiger partial charge in [-0.1, -0.05) is 6.07 Å². The number of thiophene rings is 1. The highest BCUT2D eigenvalue weighted by Crippen LogP contribution is 2.30. The van der Waals surface area contributed by atoms with E-state index in [1.165, 1.54) is 11.3 Å². The van der Waals surface area contributed by atoms with Crippen LogP contribution in [0.5, 0.6) is 0 Å². The Kier molecular flexibility index (Phi) is 4.47. The number of hydrogen-bond donors (Lipinski definition) is 1. The molecule has 1 aliphatic heterocycles. The van der Waals surface area contributed by atoms with Crippen molar-refractivity contribution in [2.75, 3.05) is 18.4 Å². The van der Waals surface area contributed by atoms with Crippen LogP contribution in [-0.2, 0) is 0 Å². The summed E-state index contributed by atoms with van der Waals surface area (Å²) in [5, 5.41) is 4.95. The van der Waals surface area contributed by atoms with E-state index in [1.54, 1.807) is 17.6 Å². The number of amides is 1. The third-order valence-corrected chi connectivity index (χ3v) is 5.35. The zero-order valence-electron chi connectivity index (χ0n) is 14.5. The van der Waals surface area contributed by atoms with E-state index in [2.05, 4.69) is 20.3 Å². The van der Waals surface area contributed by atoms with Crippen molar-refractivity contribution in [3.8, 4) is 0 Å². The summed E-state index contributed by atoms with van der Waals surface area (Å²) in [6.45, 7) is 1.36. The van der Waals surface area contributed by atoms with Crippen LogP contribution >= 0.6 is 11.3 Å². The maximum Gasteiger partial charge on any atom is 0.274 e. The highest BCUT2D eigenvalue weighted by Gasteiger charge is 2.41. The molecule has 140 valence electrons. The average molecular weight is 389 g/mol. The maximum absolute atomic E-state index is 13.5. The third-order valence-electron chi connectivity index (χ3n) is 4.44. The summed E-state index contributed by atoms with van der Waals surface area (Å²) in [4.78, 5) is 27.1. The van der Waals surface area contributed by atoms with Gasteiger partial charge < -0.3 is 10.2 Å². The largest absolute Gasteiger partial charge is 0.346 e. The molecule has 1 N–H and O–H groups in total. The molecule has 1 atom stereocenters. The fraction of sp³-hybridized carbons (Fsp3) is 0.333. The summed E-state index contributed by atoms with van der Waals surface area (Å²) in [5.74, 6) is -3.06. The number of alkyl halides is 2. The quantitative estimate of drug-likeness (QED) is 0.736. The molecule has 1 amide bonds. The van der Waals surface area contributed by atoms with Crippen LogP contribution in [0.15, 0.2) is 35.8 Å². The lowest BCUT2D eigenvalue weighted by atomic mass is 10.2. The Labute approximate surface area is 158 Å². The topological polar surface area (TPSA) is 71.0 Å². The molecule has 1 fully saturated rings. The molecule has 6 nitrogen and oxygen atoms in total. The van der Waals surface area contributed by atoms with Crippen molar-refractivity contribution in [2.24, 2.45) is 0 Å². The molecular formula is C18H17F2N5OS. The Balaban J connectivity index is 1.65. The highest BCUT2D eigenvalue weighted by molar-refractivity contribution is 7.17. The number of carbonyl (C=O) groups excluding carboxylic acids is 1. The van der Waals surface area contributed by atoms with E-state index in [4.69, 9.17) is 0 Å². The second kappa shape index (κ2) is 6.80. The van der Waals surface area contributed by atoms with E-state index in [-0.39, 0.29) is 30.6 Å². The predicted octanol–water partition coefficient (Wildman–Crippen LogP) is 3.74. The molecule has 0 spiro atoms. The van der Waals surface area contributed by atoms with Gasteiger partial charge in [-0.2, -0.15) is 0 Å². The molecule has 9 heteroatoms. The normalized spacial score (nSPS) is 17.2. The molecule has 0 radical (unpaired) electrons. The number of nitrogens with one attached hydrogen (secondary N) is 1. The van der Waals surface area contributed by atoms with Gasteiger partial charge in [0.15, 0.2) is 5.69 Å². The standard InChI is InChI=1S/C18H17F2N5OS/c1-11(12-4-2-3-7-21-12)22-17-23-13-5-9-27-15(13)14(24-17)16(26)25-8-6-18(19,20)10-25/h2-5,7,9,11H,6,8,10H2,1H3,(H,22,23,24)/t11-/m0/s1. The zero-order valence-corrected chi connectivity index (χ0v) is 15.3. The minimum atomic E-state index is -2.84. The molecular weight excluding hydrogens is 372 g/mol. The van der Waals surface area contributed by atoms with Crippen LogP contribution in [0.4, 0.5) is 14.7 Å². The fourth-order valence-electron chi connectivity index (χ4n) is 3.03. The molecule has 4 rings (SSSR count). The third kappa shape index (κ3) is 3.59. The van der Waals surface area contributed by atoms with Gasteiger partial charge in [0.1, 0.15) is 0 Å². The first-order chi connectivity index (χ1) is 12.9. The highest BCUT2D eigenvalue weighted by atomic mass is 32.1. The number of pyridine rings is 1. The van der Waals surface area contributed by atoms with Crippen molar-refractivity contribution in [3.05, 3.63) is 47.2 Å². The minimum Gasteiger partial charge on any atom is -0.346 e. The lowest BCUT2D eigenvalue weighted by molar-refractivity contribution is 0.0120. The predicted molar refractivity (Wildman–Crippen MR) is 99.2 cm³/mol. The number of nitrogens with zero attached hydrogens (tertiary/aromatic N) is 4. The Bertz CT molecular complexity index is 978. The molecule has 3 aromatic heterocycles. The monoisotopic (exact) mass is 389 g/mol. The van der Waals surface area contributed by atoms with Crippen LogP contribution in [-0.4, -0.2) is 44.8 Å². The van der Waals surface area contributed by atoms with Gasteiger partial charge in [-0.05, 0) is 30.5 Å². The molecule has 0 bridgehead atoms. The van der Waals surface area contributed by atoms with Gasteiger partial charge in [-0.3, -0.25) is 9.78 Å². The lowest BCUT2D eigenvalue weighted by Gasteiger charge is -2.17. The SMILES string of the molecule is C[C@H](Nc1nc(C(=O)N2CCC(F)(F)C2)c2sccc2n1)c1ccccn1. The maximum atomic E-state index is 13.5. The van der Waals surface area contributed by atoms with Crippen LogP contribution in [0.1, 0.15) is 35.6 Å². The number of carbonyl (C=O) groups is 1. The fourth-order valence-corrected chi connectivity index (χ4v) is 3.84. The first-order valence-electron chi connectivity index (χ1n) is 8.53. The molecule has 1 saturated heterocycles. The molecule has 0 unspecified atom stereocenters. The van der Waals surface area contributed by atoms with Gasteiger partial charge in [0.05, 0.1) is 28.5 Å². The summed E-state index contributed by atoms with van der Waals surface area (Å²) in [6.07, 6.45) is 1.37. The smallest absolute Gasteiger partial charge is 0.274 e. The molecule has 27 heavy (non-hydrogen) atoms. The van der Waals surface area contributed by atoms with Crippen molar-refractivity contribution in [3.63, 3.8) is 0 Å². The summed E-state index contributed by atoms with van der Waals surface area (Å²) < 4.78 is 27.6. The molecule has 0 aliphatic carbocycles. The summed E-state index contributed by atoms with van der Waals surface area (Å²) in [5.41, 5.74) is 1.57. The van der Waals surface area contributed by atoms with Gasteiger partial charge in [-0.15, -0.1) is 11.3 Å². The number of likely N-dealkylation sites (tertiary alicyclic amines) is 1. The van der Waals surface area contributed by atoms with E-state index in [0.717, 1.165) is 10.6 Å². The van der Waals surface area contributed by atoms with Crippen molar-refractivity contribution in [1.82, 2.24) is 19.9 Å². The van der Waals surface area contributed by atoms with Gasteiger partial charge in [-0.25, -0.2) is 18.7 Å². The van der Waals surface area contributed by atoms with Gasteiger partial charge in [0.25, 0.3) is 11.8 Å². The number of halogens is 2. The second-order valence-electron chi connectivity index (χ2n) is 6.48. The van der Waals surface area contributed by atoms with Crippen molar-refractivity contribution in [1.29, 1.82) is 0 Å². The van der Waals surface area contributed by atoms with E-state index < -0.39 is 18.4 Å². The van der Waals surface area contributed by atoms with Crippen LogP contribution in [0.25, 0.3) is 10.2 Å². The second-order valence-corrected chi connectivity index (χ2v) is 7.40. The van der Waals surface area contributed by atoms with Crippen LogP contribution in [0, 0.1) is 0 Å². The molecule has 3 aromatic rings. The Morgan fingerprint density at radius 1 is 1.33 bits per heavy atom. The van der Waals surface area contributed by atoms with Crippen LogP contribution in [0.3, 0.4) is 0 Å². The van der Waals surface area contributed by atoms with E-state index in [9.17, 15) is 13.6 Å². The number of fused-ring (bicyclic) bond motifs is 1. The van der Waals surface area contributed by atoms with Gasteiger partial charge >= 0.3 is 0 Å². The van der Waals surface area contributed by atoms with Crippen molar-refractivity contribution < 1.29 is 13.6 Å². The number of hydrogen-bond acceptors (Lipinski definition) is 6. The summed E-state index contributed by atoms with van der Waals surface area (Å²) in [7, 11) is 0. The first-order valence-corrected chi connectivity index (χ1v) is 9.41. The van der Waals surface area contributed by atoms with Crippen LogP contribution < -0.4 is 5.32 Å². The van der Waals surface area contributed by atoms with Crippen molar-refractivity contribution in [2.45, 2.75) is 25.3 Å². The number of rotatable bonds is 4. The Morgan fingerprint density at radius 2 is 2.19 bits per heavy atom. The molecule has 1 aliphatic rings. The van der Waals surface area contributed by atoms with Crippen molar-refractivity contribution >= 4 is 33.4 Å². The summed E-state index contributed by atoms with van der Waals surface area (Å²) in [6, 6.07) is 7.19. The Hall–Kier alpha value is -2.68. The van der Waals surface area contributed by atoms with Gasteiger partial charge in [0, 0.05) is 19.2 Å². The Morgan fingerprint density at radius 3 is 2.89 bits per heavy atom. The summed E-state index contributed by atoms with van der Waals surface area (Å²) >= 11 is 1.32. The minimum absolute atomic E-state index is 0.0236. The molecule has 0 saturated carbocycles. The number of aromatic nitrogens is 3. The molecule has 4 heterocycles. The zero-order chi connectivity index (χ0) is 19.0. The lowest BCUT2D eigenvalue weighted by Crippen LogP contribution is -2.32. The average Bonchev–Trinajstić information content (AvgIpc) is 3.27. The molecule has 0 aromatic carbocycles. The van der Waals surface area contributed by atoms with E-state index in [0.29, 0.717) is 10.2 Å². The van der Waals surface area contributed by atoms with Gasteiger partial charge in [0.2, 0.25) is 5.95 Å². The number of anilines is 1. The van der Waals surface area contributed by atoms with E-state index in [1.807, 2.05) is 25.1 Å². The van der Waals surface area contributed by atoms with E-state index >= 15 is 0 Å². The van der Waals surface area contributed by atoms with Crippen LogP contribution in [0.2, 0.25) is 0 Å². The first kappa shape index (κ1) is 17.7.